The minimum Gasteiger partial charge on any atom is -0.496 e. The van der Waals surface area contributed by atoms with Crippen LogP contribution in [0.4, 0.5) is 0 Å². The first-order valence-electron chi connectivity index (χ1n) is 5.57. The Kier molecular flexibility index (Phi) is 4.28. The van der Waals surface area contributed by atoms with Crippen molar-refractivity contribution in [2.24, 2.45) is 0 Å². The smallest absolute Gasteiger partial charge is 0.164 e. The van der Waals surface area contributed by atoms with Gasteiger partial charge in [0.1, 0.15) is 5.75 Å². The molecule has 0 saturated heterocycles. The summed E-state index contributed by atoms with van der Waals surface area (Å²) >= 11 is 0. The van der Waals surface area contributed by atoms with E-state index in [4.69, 9.17) is 10.00 Å². The van der Waals surface area contributed by atoms with Crippen LogP contribution < -0.4 is 4.74 Å². The number of ketones is 1. The summed E-state index contributed by atoms with van der Waals surface area (Å²) < 4.78 is 5.31. The van der Waals surface area contributed by atoms with Crippen LogP contribution in [0.1, 0.15) is 39.9 Å². The zero-order chi connectivity index (χ0) is 13.0. The number of carbonyl (C=O) groups excluding carboxylic acids is 1. The minimum atomic E-state index is 0.0258. The van der Waals surface area contributed by atoms with Crippen molar-refractivity contribution in [2.45, 2.75) is 33.6 Å². The molecule has 0 saturated carbocycles. The SMILES string of the molecule is COc1c(C)cc(C(=O)CCC#N)c(C)c1C. The van der Waals surface area contributed by atoms with Gasteiger partial charge in [-0.1, -0.05) is 0 Å². The predicted molar refractivity (Wildman–Crippen MR) is 66.4 cm³/mol. The van der Waals surface area contributed by atoms with Crippen LogP contribution in [0, 0.1) is 32.1 Å². The summed E-state index contributed by atoms with van der Waals surface area (Å²) in [7, 11) is 1.63. The number of Topliss-reactive ketones (excluding diaryl/α,β-unsaturated/α-hetero) is 1. The molecule has 0 aliphatic carbocycles. The van der Waals surface area contributed by atoms with E-state index in [-0.39, 0.29) is 18.6 Å². The monoisotopic (exact) mass is 231 g/mol. The second-order valence-electron chi connectivity index (χ2n) is 4.11. The van der Waals surface area contributed by atoms with Gasteiger partial charge in [0.2, 0.25) is 0 Å². The minimum absolute atomic E-state index is 0.0258. The second kappa shape index (κ2) is 5.49. The number of hydrogen-bond acceptors (Lipinski definition) is 3. The lowest BCUT2D eigenvalue weighted by Gasteiger charge is -2.14. The quantitative estimate of drug-likeness (QED) is 0.748. The fourth-order valence-corrected chi connectivity index (χ4v) is 1.97. The standard InChI is InChI=1S/C14H17NO2/c1-9-8-12(13(16)6-5-7-15)10(2)11(3)14(9)17-4/h8H,5-6H2,1-4H3. The molecule has 0 amide bonds. The number of benzene rings is 1. The van der Waals surface area contributed by atoms with E-state index in [1.54, 1.807) is 7.11 Å². The van der Waals surface area contributed by atoms with Gasteiger partial charge in [-0.15, -0.1) is 0 Å². The largest absolute Gasteiger partial charge is 0.496 e. The summed E-state index contributed by atoms with van der Waals surface area (Å²) in [5.74, 6) is 0.859. The molecule has 0 heterocycles. The maximum atomic E-state index is 11.9. The van der Waals surface area contributed by atoms with Gasteiger partial charge < -0.3 is 4.74 Å². The maximum absolute atomic E-state index is 11.9. The molecular weight excluding hydrogens is 214 g/mol. The van der Waals surface area contributed by atoms with Crippen LogP contribution in [-0.2, 0) is 0 Å². The number of hydrogen-bond donors (Lipinski definition) is 0. The van der Waals surface area contributed by atoms with Gasteiger partial charge >= 0.3 is 0 Å². The second-order valence-corrected chi connectivity index (χ2v) is 4.11. The molecule has 3 heteroatoms. The fraction of sp³-hybridized carbons (Fsp3) is 0.429. The third-order valence-corrected chi connectivity index (χ3v) is 2.99. The van der Waals surface area contributed by atoms with Gasteiger partial charge in [0.25, 0.3) is 0 Å². The summed E-state index contributed by atoms with van der Waals surface area (Å²) in [5.41, 5.74) is 3.59. The van der Waals surface area contributed by atoms with Crippen LogP contribution in [0.15, 0.2) is 6.07 Å². The van der Waals surface area contributed by atoms with Crippen LogP contribution in [0.25, 0.3) is 0 Å². The fourth-order valence-electron chi connectivity index (χ4n) is 1.97. The summed E-state index contributed by atoms with van der Waals surface area (Å²) in [6.07, 6.45) is 0.547. The number of aryl methyl sites for hydroxylation is 1. The molecule has 1 aromatic carbocycles. The summed E-state index contributed by atoms with van der Waals surface area (Å²) in [6, 6.07) is 3.84. The average Bonchev–Trinajstić information content (AvgIpc) is 2.31. The van der Waals surface area contributed by atoms with E-state index >= 15 is 0 Å². The van der Waals surface area contributed by atoms with Gasteiger partial charge in [-0.05, 0) is 43.5 Å². The van der Waals surface area contributed by atoms with Gasteiger partial charge in [0.05, 0.1) is 13.2 Å². The van der Waals surface area contributed by atoms with Gasteiger partial charge in [0.15, 0.2) is 5.78 Å². The van der Waals surface area contributed by atoms with Crippen LogP contribution in [0.5, 0.6) is 5.75 Å². The first-order valence-corrected chi connectivity index (χ1v) is 5.57. The van der Waals surface area contributed by atoms with Crippen LogP contribution in [-0.4, -0.2) is 12.9 Å². The molecule has 90 valence electrons. The van der Waals surface area contributed by atoms with Gasteiger partial charge in [-0.3, -0.25) is 4.79 Å². The van der Waals surface area contributed by atoms with Crippen LogP contribution in [0.2, 0.25) is 0 Å². The lowest BCUT2D eigenvalue weighted by Crippen LogP contribution is -2.05. The van der Waals surface area contributed by atoms with Crippen molar-refractivity contribution in [1.29, 1.82) is 5.26 Å². The Morgan fingerprint density at radius 3 is 2.53 bits per heavy atom. The van der Waals surface area contributed by atoms with E-state index < -0.39 is 0 Å². The van der Waals surface area contributed by atoms with Crippen molar-refractivity contribution >= 4 is 5.78 Å². The van der Waals surface area contributed by atoms with Crippen molar-refractivity contribution in [2.75, 3.05) is 7.11 Å². The molecule has 0 N–H and O–H groups in total. The van der Waals surface area contributed by atoms with Crippen LogP contribution >= 0.6 is 0 Å². The molecule has 0 bridgehead atoms. The highest BCUT2D eigenvalue weighted by Gasteiger charge is 2.15. The molecule has 0 aromatic heterocycles. The molecule has 0 aliphatic rings. The van der Waals surface area contributed by atoms with Gasteiger partial charge in [-0.25, -0.2) is 0 Å². The number of nitriles is 1. The van der Waals surface area contributed by atoms with Crippen molar-refractivity contribution in [3.8, 4) is 11.8 Å². The van der Waals surface area contributed by atoms with E-state index in [9.17, 15) is 4.79 Å². The highest BCUT2D eigenvalue weighted by Crippen LogP contribution is 2.29. The molecule has 1 rings (SSSR count). The number of rotatable bonds is 4. The van der Waals surface area contributed by atoms with Crippen molar-refractivity contribution in [3.63, 3.8) is 0 Å². The van der Waals surface area contributed by atoms with Crippen molar-refractivity contribution in [3.05, 3.63) is 28.3 Å². The molecule has 0 spiro atoms. The molecule has 0 aliphatic heterocycles. The normalized spacial score (nSPS) is 9.82. The zero-order valence-corrected chi connectivity index (χ0v) is 10.8. The molecule has 17 heavy (non-hydrogen) atoms. The molecule has 0 fully saturated rings. The summed E-state index contributed by atoms with van der Waals surface area (Å²) in [6.45, 7) is 5.78. The Balaban J connectivity index is 3.19. The lowest BCUT2D eigenvalue weighted by molar-refractivity contribution is 0.0983. The van der Waals surface area contributed by atoms with Crippen molar-refractivity contribution < 1.29 is 9.53 Å². The third kappa shape index (κ3) is 2.65. The average molecular weight is 231 g/mol. The zero-order valence-electron chi connectivity index (χ0n) is 10.8. The molecule has 1 aromatic rings. The lowest BCUT2D eigenvalue weighted by atomic mass is 9.94. The van der Waals surface area contributed by atoms with Gasteiger partial charge in [-0.2, -0.15) is 5.26 Å². The third-order valence-electron chi connectivity index (χ3n) is 2.99. The molecule has 0 unspecified atom stereocenters. The first-order chi connectivity index (χ1) is 8.02. The number of carbonyl (C=O) groups is 1. The molecule has 0 radical (unpaired) electrons. The Hall–Kier alpha value is -1.82. The Morgan fingerprint density at radius 1 is 1.35 bits per heavy atom. The van der Waals surface area contributed by atoms with E-state index in [0.717, 1.165) is 22.4 Å². The molecular formula is C14H17NO2. The Labute approximate surface area is 102 Å². The van der Waals surface area contributed by atoms with Crippen molar-refractivity contribution in [1.82, 2.24) is 0 Å². The predicted octanol–water partition coefficient (Wildman–Crippen LogP) is 3.11. The van der Waals surface area contributed by atoms with Crippen LogP contribution in [0.3, 0.4) is 0 Å². The first kappa shape index (κ1) is 13.2. The maximum Gasteiger partial charge on any atom is 0.164 e. The Morgan fingerprint density at radius 2 is 2.00 bits per heavy atom. The van der Waals surface area contributed by atoms with E-state index in [2.05, 4.69) is 0 Å². The highest BCUT2D eigenvalue weighted by molar-refractivity contribution is 5.98. The number of methoxy groups -OCH3 is 1. The molecule has 0 atom stereocenters. The number of nitrogens with zero attached hydrogens (tertiary/aromatic N) is 1. The van der Waals surface area contributed by atoms with E-state index in [1.165, 1.54) is 0 Å². The molecule has 3 nitrogen and oxygen atoms in total. The number of ether oxygens (including phenoxy) is 1. The topological polar surface area (TPSA) is 50.1 Å². The highest BCUT2D eigenvalue weighted by atomic mass is 16.5. The summed E-state index contributed by atoms with van der Waals surface area (Å²) in [5, 5.41) is 8.50. The van der Waals surface area contributed by atoms with E-state index in [0.29, 0.717) is 5.56 Å². The van der Waals surface area contributed by atoms with Gasteiger partial charge in [0, 0.05) is 18.4 Å². The Bertz CT molecular complexity index is 484. The summed E-state index contributed by atoms with van der Waals surface area (Å²) in [4.78, 5) is 11.9. The van der Waals surface area contributed by atoms with E-state index in [1.807, 2.05) is 32.9 Å².